The third kappa shape index (κ3) is 4.45. The molecule has 1 aromatic carbocycles. The molecule has 2 aromatic rings. The highest BCUT2D eigenvalue weighted by atomic mass is 35.5. The molecule has 0 bridgehead atoms. The van der Waals surface area contributed by atoms with E-state index in [1.807, 2.05) is 0 Å². The van der Waals surface area contributed by atoms with Crippen molar-refractivity contribution in [1.29, 1.82) is 0 Å². The largest absolute Gasteiger partial charge is 0.468 e. The van der Waals surface area contributed by atoms with E-state index in [1.54, 1.807) is 35.0 Å². The lowest BCUT2D eigenvalue weighted by atomic mass is 10.1. The summed E-state index contributed by atoms with van der Waals surface area (Å²) in [5.41, 5.74) is 0.691. The van der Waals surface area contributed by atoms with Crippen molar-refractivity contribution >= 4 is 40.9 Å². The van der Waals surface area contributed by atoms with Crippen molar-refractivity contribution in [2.75, 3.05) is 14.2 Å². The van der Waals surface area contributed by atoms with Crippen LogP contribution in [0.5, 0.6) is 0 Å². The number of ketones is 1. The van der Waals surface area contributed by atoms with Gasteiger partial charge in [0.2, 0.25) is 5.78 Å². The van der Waals surface area contributed by atoms with E-state index in [0.717, 1.165) is 0 Å². The van der Waals surface area contributed by atoms with E-state index < -0.39 is 17.9 Å². The summed E-state index contributed by atoms with van der Waals surface area (Å²) < 4.78 is 10.9. The first kappa shape index (κ1) is 20.0. The van der Waals surface area contributed by atoms with Crippen molar-refractivity contribution in [1.82, 2.24) is 4.57 Å². The summed E-state index contributed by atoms with van der Waals surface area (Å²) in [4.78, 5) is 36.3. The van der Waals surface area contributed by atoms with Crippen LogP contribution in [-0.4, -0.2) is 36.5 Å². The number of ether oxygens (including phenoxy) is 2. The second kappa shape index (κ2) is 8.87. The number of rotatable bonds is 7. The molecule has 0 radical (unpaired) electrons. The number of esters is 2. The van der Waals surface area contributed by atoms with Crippen LogP contribution in [0.4, 0.5) is 0 Å². The summed E-state index contributed by atoms with van der Waals surface area (Å²) >= 11 is 12.0. The minimum absolute atomic E-state index is 0.128. The summed E-state index contributed by atoms with van der Waals surface area (Å²) in [7, 11) is 2.40. The molecule has 8 heteroatoms. The van der Waals surface area contributed by atoms with Gasteiger partial charge in [0.15, 0.2) is 5.92 Å². The smallest absolute Gasteiger partial charge is 0.320 e. The van der Waals surface area contributed by atoms with E-state index in [4.69, 9.17) is 23.2 Å². The summed E-state index contributed by atoms with van der Waals surface area (Å²) in [6.45, 7) is 0.244. The van der Waals surface area contributed by atoms with Crippen molar-refractivity contribution in [3.63, 3.8) is 0 Å². The van der Waals surface area contributed by atoms with Crippen LogP contribution in [0.1, 0.15) is 22.5 Å². The van der Waals surface area contributed by atoms with E-state index in [1.165, 1.54) is 20.3 Å². The minimum atomic E-state index is -1.06. The molecule has 0 aliphatic heterocycles. The number of hydrogen-bond acceptors (Lipinski definition) is 5. The molecule has 26 heavy (non-hydrogen) atoms. The van der Waals surface area contributed by atoms with Crippen LogP contribution in [0.15, 0.2) is 36.5 Å². The van der Waals surface area contributed by atoms with Gasteiger partial charge in [-0.1, -0.05) is 23.2 Å². The molecule has 0 aliphatic carbocycles. The predicted molar refractivity (Wildman–Crippen MR) is 96.5 cm³/mol. The quantitative estimate of drug-likeness (QED) is 0.406. The molecule has 0 N–H and O–H groups in total. The molecular weight excluding hydrogens is 381 g/mol. The monoisotopic (exact) mass is 397 g/mol. The number of halogens is 2. The maximum atomic E-state index is 12.8. The molecule has 1 heterocycles. The first-order chi connectivity index (χ1) is 12.4. The van der Waals surface area contributed by atoms with Crippen LogP contribution in [0.25, 0.3) is 0 Å². The summed E-state index contributed by atoms with van der Waals surface area (Å²) in [5, 5.41) is 0.679. The van der Waals surface area contributed by atoms with E-state index >= 15 is 0 Å². The molecule has 6 nitrogen and oxygen atoms in total. The number of hydrogen-bond donors (Lipinski definition) is 0. The molecule has 0 fully saturated rings. The first-order valence-electron chi connectivity index (χ1n) is 7.69. The van der Waals surface area contributed by atoms with Gasteiger partial charge >= 0.3 is 11.9 Å². The molecule has 1 aromatic heterocycles. The van der Waals surface area contributed by atoms with E-state index in [0.29, 0.717) is 16.3 Å². The van der Waals surface area contributed by atoms with Crippen LogP contribution in [0, 0.1) is 5.92 Å². The highest BCUT2D eigenvalue weighted by Crippen LogP contribution is 2.24. The fourth-order valence-corrected chi connectivity index (χ4v) is 3.01. The van der Waals surface area contributed by atoms with Crippen LogP contribution < -0.4 is 0 Å². The Morgan fingerprint density at radius 3 is 2.31 bits per heavy atom. The second-order valence-corrected chi connectivity index (χ2v) is 6.27. The normalized spacial score (nSPS) is 10.7. The number of carbonyl (C=O) groups excluding carboxylic acids is 3. The number of methoxy groups -OCH3 is 2. The van der Waals surface area contributed by atoms with E-state index in [2.05, 4.69) is 9.47 Å². The molecule has 0 amide bonds. The average Bonchev–Trinajstić information content (AvgIpc) is 3.09. The third-order valence-electron chi connectivity index (χ3n) is 3.87. The molecule has 0 atom stereocenters. The van der Waals surface area contributed by atoms with Crippen molar-refractivity contribution in [3.8, 4) is 0 Å². The van der Waals surface area contributed by atoms with Gasteiger partial charge in [0, 0.05) is 23.3 Å². The summed E-state index contributed by atoms with van der Waals surface area (Å²) in [5.74, 6) is -2.71. The Balaban J connectivity index is 2.21. The molecule has 0 unspecified atom stereocenters. The van der Waals surface area contributed by atoms with E-state index in [-0.39, 0.29) is 23.8 Å². The Hall–Kier alpha value is -2.31. The van der Waals surface area contributed by atoms with E-state index in [9.17, 15) is 14.4 Å². The standard InChI is InChI=1S/C18H17Cl2NO5/c1-25-17(23)13(18(24)26-2)7-9-21-8-3-4-15(21)16(22)12-6-5-11(19)10-14(12)20/h3-6,8,10,13H,7,9H2,1-2H3. The average molecular weight is 398 g/mol. The minimum Gasteiger partial charge on any atom is -0.468 e. The number of benzene rings is 1. The van der Waals surface area contributed by atoms with Crippen molar-refractivity contribution < 1.29 is 23.9 Å². The molecule has 138 valence electrons. The first-order valence-corrected chi connectivity index (χ1v) is 8.45. The Labute approximate surface area is 160 Å². The number of carbonyl (C=O) groups is 3. The molecule has 0 aliphatic rings. The lowest BCUT2D eigenvalue weighted by molar-refractivity contribution is -0.159. The molecule has 0 saturated heterocycles. The maximum Gasteiger partial charge on any atom is 0.320 e. The van der Waals surface area contributed by atoms with Gasteiger partial charge in [-0.2, -0.15) is 0 Å². The Morgan fingerprint density at radius 2 is 1.73 bits per heavy atom. The van der Waals surface area contributed by atoms with Crippen LogP contribution in [0.2, 0.25) is 10.0 Å². The van der Waals surface area contributed by atoms with Gasteiger partial charge in [-0.05, 0) is 36.8 Å². The number of aryl methyl sites for hydroxylation is 1. The molecule has 0 saturated carbocycles. The van der Waals surface area contributed by atoms with Gasteiger partial charge in [-0.3, -0.25) is 14.4 Å². The van der Waals surface area contributed by atoms with Crippen LogP contribution in [-0.2, 0) is 25.6 Å². The molecule has 0 spiro atoms. The molecular formula is C18H17Cl2NO5. The lowest BCUT2D eigenvalue weighted by Crippen LogP contribution is -2.28. The van der Waals surface area contributed by atoms with Gasteiger partial charge < -0.3 is 14.0 Å². The van der Waals surface area contributed by atoms with Gasteiger partial charge in [-0.15, -0.1) is 0 Å². The van der Waals surface area contributed by atoms with Crippen LogP contribution in [0.3, 0.4) is 0 Å². The number of nitrogens with zero attached hydrogens (tertiary/aromatic N) is 1. The SMILES string of the molecule is COC(=O)C(CCn1cccc1C(=O)c1ccc(Cl)cc1Cl)C(=O)OC. The topological polar surface area (TPSA) is 74.6 Å². The second-order valence-electron chi connectivity index (χ2n) is 5.43. The number of aromatic nitrogens is 1. The zero-order valence-corrected chi connectivity index (χ0v) is 15.7. The lowest BCUT2D eigenvalue weighted by Gasteiger charge is -2.14. The predicted octanol–water partition coefficient (Wildman–Crippen LogP) is 3.38. The zero-order chi connectivity index (χ0) is 19.3. The summed E-state index contributed by atoms with van der Waals surface area (Å²) in [6, 6.07) is 7.96. The highest BCUT2D eigenvalue weighted by molar-refractivity contribution is 6.37. The van der Waals surface area contributed by atoms with Crippen molar-refractivity contribution in [2.45, 2.75) is 13.0 Å². The Morgan fingerprint density at radius 1 is 1.08 bits per heavy atom. The van der Waals surface area contributed by atoms with Crippen molar-refractivity contribution in [2.24, 2.45) is 5.92 Å². The summed E-state index contributed by atoms with van der Waals surface area (Å²) in [6.07, 6.45) is 1.81. The van der Waals surface area contributed by atoms with Crippen LogP contribution >= 0.6 is 23.2 Å². The Kier molecular flexibility index (Phi) is 6.83. The maximum absolute atomic E-state index is 12.8. The highest BCUT2D eigenvalue weighted by Gasteiger charge is 2.28. The fraction of sp³-hybridized carbons (Fsp3) is 0.278. The van der Waals surface area contributed by atoms with Gasteiger partial charge in [-0.25, -0.2) is 0 Å². The Bertz CT molecular complexity index is 815. The van der Waals surface area contributed by atoms with Crippen molar-refractivity contribution in [3.05, 3.63) is 57.8 Å². The third-order valence-corrected chi connectivity index (χ3v) is 4.42. The fourth-order valence-electron chi connectivity index (χ4n) is 2.51. The van der Waals surface area contributed by atoms with Gasteiger partial charge in [0.25, 0.3) is 0 Å². The van der Waals surface area contributed by atoms with Gasteiger partial charge in [0.1, 0.15) is 0 Å². The molecule has 2 rings (SSSR count). The zero-order valence-electron chi connectivity index (χ0n) is 14.2. The van der Waals surface area contributed by atoms with Gasteiger partial charge in [0.05, 0.1) is 24.9 Å².